The van der Waals surface area contributed by atoms with Gasteiger partial charge in [-0.15, -0.1) is 0 Å². The summed E-state index contributed by atoms with van der Waals surface area (Å²) in [6.07, 6.45) is 0.699. The fraction of sp³-hybridized carbons (Fsp3) is 0.200. The number of nitrogens with one attached hydrogen (secondary N) is 1. The van der Waals surface area contributed by atoms with Gasteiger partial charge in [0, 0.05) is 28.7 Å². The number of fused-ring (bicyclic) bond motifs is 1. The fourth-order valence-electron chi connectivity index (χ4n) is 2.70. The van der Waals surface area contributed by atoms with Crippen molar-refractivity contribution in [1.29, 1.82) is 0 Å². The lowest BCUT2D eigenvalue weighted by Crippen LogP contribution is -2.24. The van der Waals surface area contributed by atoms with Crippen molar-refractivity contribution in [2.45, 2.75) is 13.0 Å². The molecule has 0 aliphatic carbocycles. The van der Waals surface area contributed by atoms with Gasteiger partial charge in [0.1, 0.15) is 11.5 Å². The molecule has 0 bridgehead atoms. The van der Waals surface area contributed by atoms with Crippen LogP contribution in [-0.2, 0) is 4.74 Å². The number of rotatable bonds is 6. The monoisotopic (exact) mass is 353 g/mol. The number of para-hydroxylation sites is 1. The van der Waals surface area contributed by atoms with Crippen LogP contribution in [-0.4, -0.2) is 37.1 Å². The van der Waals surface area contributed by atoms with Gasteiger partial charge in [0.05, 0.1) is 19.8 Å². The van der Waals surface area contributed by atoms with E-state index in [4.69, 9.17) is 14.2 Å². The number of hydrogen-bond acceptors (Lipinski definition) is 5. The van der Waals surface area contributed by atoms with Crippen molar-refractivity contribution in [1.82, 2.24) is 4.98 Å². The Kier molecular flexibility index (Phi) is 4.93. The summed E-state index contributed by atoms with van der Waals surface area (Å²) in [5.74, 6) is 0.0346. The van der Waals surface area contributed by atoms with Gasteiger partial charge in [-0.25, -0.2) is 4.79 Å². The molecule has 1 atom stereocenters. The summed E-state index contributed by atoms with van der Waals surface area (Å²) in [5, 5.41) is 0.795. The molecule has 1 aromatic heterocycles. The van der Waals surface area contributed by atoms with Crippen LogP contribution in [0.25, 0.3) is 10.9 Å². The molecule has 0 radical (unpaired) electrons. The number of carbonyl (C=O) groups is 2. The third-order valence-corrected chi connectivity index (χ3v) is 4.09. The summed E-state index contributed by atoms with van der Waals surface area (Å²) in [5.41, 5.74) is 1.59. The molecular weight excluding hydrogens is 334 g/mol. The van der Waals surface area contributed by atoms with Crippen LogP contribution in [0.5, 0.6) is 11.5 Å². The number of esters is 1. The van der Waals surface area contributed by atoms with Gasteiger partial charge in [-0.3, -0.25) is 4.79 Å². The minimum absolute atomic E-state index is 0.250. The molecule has 0 unspecified atom stereocenters. The predicted molar refractivity (Wildman–Crippen MR) is 97.1 cm³/mol. The highest BCUT2D eigenvalue weighted by Crippen LogP contribution is 2.24. The molecule has 0 spiro atoms. The molecular formula is C20H19NO5. The van der Waals surface area contributed by atoms with Gasteiger partial charge >= 0.3 is 5.97 Å². The summed E-state index contributed by atoms with van der Waals surface area (Å²) in [4.78, 5) is 28.2. The zero-order valence-corrected chi connectivity index (χ0v) is 14.7. The molecule has 0 aliphatic rings. The number of methoxy groups -OCH3 is 2. The Labute approximate surface area is 150 Å². The Morgan fingerprint density at radius 2 is 1.65 bits per heavy atom. The van der Waals surface area contributed by atoms with E-state index in [0.717, 1.165) is 10.9 Å². The van der Waals surface area contributed by atoms with Gasteiger partial charge in [-0.2, -0.15) is 0 Å². The number of benzene rings is 2. The molecule has 3 rings (SSSR count). The number of Topliss-reactive ketones (excluding diaryl/α,β-unsaturated/α-hetero) is 1. The minimum Gasteiger partial charge on any atom is -0.497 e. The second-order valence-electron chi connectivity index (χ2n) is 5.76. The molecule has 0 saturated carbocycles. The smallest absolute Gasteiger partial charge is 0.339 e. The van der Waals surface area contributed by atoms with Gasteiger partial charge in [0.2, 0.25) is 5.78 Å². The number of ketones is 1. The highest BCUT2D eigenvalue weighted by molar-refractivity contribution is 6.10. The summed E-state index contributed by atoms with van der Waals surface area (Å²) >= 11 is 0. The molecule has 6 nitrogen and oxygen atoms in total. The zero-order valence-electron chi connectivity index (χ0n) is 14.7. The first-order valence-corrected chi connectivity index (χ1v) is 8.08. The zero-order chi connectivity index (χ0) is 18.7. The Morgan fingerprint density at radius 3 is 2.31 bits per heavy atom. The van der Waals surface area contributed by atoms with E-state index >= 15 is 0 Å². The topological polar surface area (TPSA) is 77.6 Å². The average Bonchev–Trinajstić information content (AvgIpc) is 3.10. The highest BCUT2D eigenvalue weighted by atomic mass is 16.5. The lowest BCUT2D eigenvalue weighted by molar-refractivity contribution is 0.0319. The molecule has 1 N–H and O–H groups in total. The van der Waals surface area contributed by atoms with Crippen LogP contribution < -0.4 is 9.47 Å². The minimum atomic E-state index is -0.932. The van der Waals surface area contributed by atoms with Crippen LogP contribution in [0.3, 0.4) is 0 Å². The van der Waals surface area contributed by atoms with Crippen molar-refractivity contribution >= 4 is 22.7 Å². The van der Waals surface area contributed by atoms with Crippen LogP contribution in [0.15, 0.2) is 48.7 Å². The summed E-state index contributed by atoms with van der Waals surface area (Å²) in [6, 6.07) is 12.2. The van der Waals surface area contributed by atoms with Crippen LogP contribution >= 0.6 is 0 Å². The molecule has 6 heteroatoms. The van der Waals surface area contributed by atoms with E-state index in [-0.39, 0.29) is 11.3 Å². The molecule has 1 heterocycles. The van der Waals surface area contributed by atoms with E-state index in [1.165, 1.54) is 26.4 Å². The Bertz CT molecular complexity index is 937. The fourth-order valence-corrected chi connectivity index (χ4v) is 2.70. The van der Waals surface area contributed by atoms with Crippen LogP contribution in [0.2, 0.25) is 0 Å². The second kappa shape index (κ2) is 7.31. The van der Waals surface area contributed by atoms with E-state index in [9.17, 15) is 9.59 Å². The van der Waals surface area contributed by atoms with E-state index in [0.29, 0.717) is 17.1 Å². The van der Waals surface area contributed by atoms with E-state index < -0.39 is 12.1 Å². The number of H-pyrrole nitrogens is 1. The van der Waals surface area contributed by atoms with Crippen molar-refractivity contribution < 1.29 is 23.8 Å². The van der Waals surface area contributed by atoms with Crippen molar-refractivity contribution in [2.24, 2.45) is 0 Å². The largest absolute Gasteiger partial charge is 0.497 e. The normalized spacial score (nSPS) is 11.8. The van der Waals surface area contributed by atoms with E-state index in [1.54, 1.807) is 19.2 Å². The summed E-state index contributed by atoms with van der Waals surface area (Å²) in [6.45, 7) is 1.55. The van der Waals surface area contributed by atoms with Crippen LogP contribution in [0, 0.1) is 0 Å². The number of aromatic amines is 1. The van der Waals surface area contributed by atoms with Gasteiger partial charge in [0.25, 0.3) is 0 Å². The van der Waals surface area contributed by atoms with E-state index in [1.807, 2.05) is 24.3 Å². The Balaban J connectivity index is 1.80. The number of aromatic nitrogens is 1. The predicted octanol–water partition coefficient (Wildman–Crippen LogP) is 3.61. The molecule has 0 amide bonds. The van der Waals surface area contributed by atoms with Crippen molar-refractivity contribution in [2.75, 3.05) is 14.2 Å². The van der Waals surface area contributed by atoms with Gasteiger partial charge in [-0.1, -0.05) is 18.2 Å². The Morgan fingerprint density at radius 1 is 1.00 bits per heavy atom. The number of carbonyl (C=O) groups excluding carboxylic acids is 2. The maximum absolute atomic E-state index is 12.7. The number of ether oxygens (including phenoxy) is 3. The first-order valence-electron chi connectivity index (χ1n) is 8.08. The van der Waals surface area contributed by atoms with Gasteiger partial charge in [-0.05, 0) is 25.1 Å². The first-order chi connectivity index (χ1) is 12.5. The maximum Gasteiger partial charge on any atom is 0.339 e. The van der Waals surface area contributed by atoms with Gasteiger partial charge in [0.15, 0.2) is 6.10 Å². The summed E-state index contributed by atoms with van der Waals surface area (Å²) < 4.78 is 15.7. The van der Waals surface area contributed by atoms with Crippen molar-refractivity contribution in [3.8, 4) is 11.5 Å². The molecule has 0 fully saturated rings. The third-order valence-electron chi connectivity index (χ3n) is 4.09. The molecule has 26 heavy (non-hydrogen) atoms. The second-order valence-corrected chi connectivity index (χ2v) is 5.76. The molecule has 2 aromatic carbocycles. The summed E-state index contributed by atoms with van der Waals surface area (Å²) in [7, 11) is 2.99. The number of hydrogen-bond donors (Lipinski definition) is 1. The molecule has 134 valence electrons. The van der Waals surface area contributed by atoms with Crippen molar-refractivity contribution in [3.63, 3.8) is 0 Å². The molecule has 0 aliphatic heterocycles. The standard InChI is InChI=1S/C20H19NO5/c1-12(19(22)17-11-21-18-7-5-4-6-16(17)18)26-20(23)13-8-14(24-2)10-15(9-13)25-3/h4-12,21H,1-3H3/t12-/m1/s1. The lowest BCUT2D eigenvalue weighted by Gasteiger charge is -2.13. The highest BCUT2D eigenvalue weighted by Gasteiger charge is 2.23. The molecule has 0 saturated heterocycles. The van der Waals surface area contributed by atoms with Gasteiger partial charge < -0.3 is 19.2 Å². The third kappa shape index (κ3) is 3.39. The van der Waals surface area contributed by atoms with Crippen molar-refractivity contribution in [3.05, 3.63) is 59.8 Å². The SMILES string of the molecule is COc1cc(OC)cc(C(=O)O[C@H](C)C(=O)c2c[nH]c3ccccc23)c1. The van der Waals surface area contributed by atoms with E-state index in [2.05, 4.69) is 4.98 Å². The van der Waals surface area contributed by atoms with Crippen LogP contribution in [0.1, 0.15) is 27.6 Å². The Hall–Kier alpha value is -3.28. The maximum atomic E-state index is 12.7. The quantitative estimate of drug-likeness (QED) is 0.541. The molecule has 3 aromatic rings. The average molecular weight is 353 g/mol. The first kappa shape index (κ1) is 17.5. The lowest BCUT2D eigenvalue weighted by atomic mass is 10.1. The van der Waals surface area contributed by atoms with Crippen LogP contribution in [0.4, 0.5) is 0 Å².